The number of carboxylic acids is 1. The second-order valence-corrected chi connectivity index (χ2v) is 8.67. The van der Waals surface area contributed by atoms with Crippen molar-refractivity contribution < 1.29 is 24.4 Å². The Morgan fingerprint density at radius 2 is 2.00 bits per heavy atom. The number of hydrogen-bond acceptors (Lipinski definition) is 5. The summed E-state index contributed by atoms with van der Waals surface area (Å²) in [5, 5.41) is 11.3. The molecule has 3 aliphatic rings. The van der Waals surface area contributed by atoms with Crippen LogP contribution in [0, 0.1) is 5.92 Å². The highest BCUT2D eigenvalue weighted by molar-refractivity contribution is 5.99. The number of hydrogen-bond donors (Lipinski definition) is 1. The smallest absolute Gasteiger partial charge is 0.250 e. The van der Waals surface area contributed by atoms with E-state index in [1.807, 2.05) is 10.6 Å². The lowest BCUT2D eigenvalue weighted by molar-refractivity contribution is -0.903. The Bertz CT molecular complexity index is 879. The Morgan fingerprint density at radius 3 is 2.79 bits per heavy atom. The molecule has 0 saturated carbocycles. The van der Waals surface area contributed by atoms with Gasteiger partial charge >= 0.3 is 0 Å². The van der Waals surface area contributed by atoms with Gasteiger partial charge in [0.05, 0.1) is 31.5 Å². The molecular weight excluding hydrogens is 374 g/mol. The monoisotopic (exact) mass is 401 g/mol. The minimum Gasteiger partial charge on any atom is -0.548 e. The van der Waals surface area contributed by atoms with E-state index < -0.39 is 17.9 Å². The van der Waals surface area contributed by atoms with Crippen molar-refractivity contribution in [3.8, 4) is 0 Å². The van der Waals surface area contributed by atoms with Crippen molar-refractivity contribution in [2.24, 2.45) is 5.92 Å². The molecule has 1 unspecified atom stereocenters. The molecule has 4 rings (SSSR count). The molecule has 156 valence electrons. The largest absolute Gasteiger partial charge is 0.548 e. The summed E-state index contributed by atoms with van der Waals surface area (Å²) in [5.41, 5.74) is 1.07. The summed E-state index contributed by atoms with van der Waals surface area (Å²) in [5.74, 6) is -1.20. The van der Waals surface area contributed by atoms with E-state index in [1.165, 1.54) is 4.90 Å². The van der Waals surface area contributed by atoms with E-state index in [0.29, 0.717) is 25.4 Å². The zero-order valence-electron chi connectivity index (χ0n) is 16.5. The molecule has 4 heterocycles. The summed E-state index contributed by atoms with van der Waals surface area (Å²) in [6.45, 7) is 2.90. The highest BCUT2D eigenvalue weighted by Gasteiger charge is 2.38. The molecule has 1 amide bonds. The van der Waals surface area contributed by atoms with E-state index in [2.05, 4.69) is 0 Å². The van der Waals surface area contributed by atoms with E-state index in [-0.39, 0.29) is 30.2 Å². The number of carboxylic acid groups (broad SMARTS) is 1. The van der Waals surface area contributed by atoms with Crippen molar-refractivity contribution in [2.75, 3.05) is 26.2 Å². The van der Waals surface area contributed by atoms with Crippen LogP contribution in [0.2, 0.25) is 0 Å². The van der Waals surface area contributed by atoms with Crippen molar-refractivity contribution in [2.45, 2.75) is 50.6 Å². The van der Waals surface area contributed by atoms with Crippen LogP contribution in [0.25, 0.3) is 0 Å². The Kier molecular flexibility index (Phi) is 5.54. The number of aromatic nitrogens is 1. The fraction of sp³-hybridized carbons (Fsp3) is 0.619. The minimum absolute atomic E-state index is 0.0336. The van der Waals surface area contributed by atoms with Crippen LogP contribution >= 0.6 is 0 Å². The quantitative estimate of drug-likeness (QED) is 0.572. The van der Waals surface area contributed by atoms with Crippen molar-refractivity contribution in [3.05, 3.63) is 34.2 Å². The first-order valence-corrected chi connectivity index (χ1v) is 10.5. The van der Waals surface area contributed by atoms with Gasteiger partial charge in [-0.05, 0) is 31.7 Å². The van der Waals surface area contributed by atoms with Crippen molar-refractivity contribution in [1.29, 1.82) is 0 Å². The number of aliphatic carboxylic acids is 1. The third-order valence-corrected chi connectivity index (χ3v) is 6.56. The number of Topliss-reactive ketones (excluding diaryl/α,β-unsaturated/α-hetero) is 1. The van der Waals surface area contributed by atoms with E-state index in [0.717, 1.165) is 42.9 Å². The molecule has 29 heavy (non-hydrogen) atoms. The van der Waals surface area contributed by atoms with E-state index in [4.69, 9.17) is 0 Å². The molecule has 8 nitrogen and oxygen atoms in total. The van der Waals surface area contributed by atoms with Gasteiger partial charge < -0.3 is 24.3 Å². The summed E-state index contributed by atoms with van der Waals surface area (Å²) in [6, 6.07) is 4.46. The van der Waals surface area contributed by atoms with Gasteiger partial charge in [-0.15, -0.1) is 0 Å². The minimum atomic E-state index is -1.24. The number of rotatable bonds is 5. The van der Waals surface area contributed by atoms with Crippen LogP contribution in [0.15, 0.2) is 23.0 Å². The van der Waals surface area contributed by atoms with Gasteiger partial charge in [0.2, 0.25) is 5.91 Å². The topological polar surface area (TPSA) is 104 Å². The van der Waals surface area contributed by atoms with Gasteiger partial charge in [0, 0.05) is 36.7 Å². The van der Waals surface area contributed by atoms with Crippen molar-refractivity contribution in [3.63, 3.8) is 0 Å². The lowest BCUT2D eigenvalue weighted by Gasteiger charge is -2.40. The number of carbonyl (C=O) groups excluding carboxylic acids is 3. The van der Waals surface area contributed by atoms with Crippen LogP contribution in [-0.2, 0) is 20.9 Å². The number of piperidine rings is 2. The summed E-state index contributed by atoms with van der Waals surface area (Å²) < 4.78 is 1.86. The maximum absolute atomic E-state index is 12.6. The highest BCUT2D eigenvalue weighted by atomic mass is 16.4. The van der Waals surface area contributed by atoms with Crippen LogP contribution < -0.4 is 15.6 Å². The molecular formula is C21H27N3O5. The Balaban J connectivity index is 1.37. The zero-order valence-corrected chi connectivity index (χ0v) is 16.5. The number of amides is 1. The van der Waals surface area contributed by atoms with Gasteiger partial charge in [-0.2, -0.15) is 0 Å². The molecule has 2 bridgehead atoms. The Morgan fingerprint density at radius 1 is 1.17 bits per heavy atom. The number of nitrogens with zero attached hydrogens (tertiary/aromatic N) is 2. The second-order valence-electron chi connectivity index (χ2n) is 8.67. The normalized spacial score (nSPS) is 28.5. The lowest BCUT2D eigenvalue weighted by Crippen LogP contribution is -3.15. The molecule has 1 aromatic heterocycles. The summed E-state index contributed by atoms with van der Waals surface area (Å²) in [7, 11) is 0. The lowest BCUT2D eigenvalue weighted by atomic mass is 9.83. The Hall–Kier alpha value is -2.48. The second kappa shape index (κ2) is 8.10. The van der Waals surface area contributed by atoms with E-state index in [1.54, 1.807) is 12.1 Å². The molecule has 2 saturated heterocycles. The van der Waals surface area contributed by atoms with Gasteiger partial charge in [-0.25, -0.2) is 0 Å². The summed E-state index contributed by atoms with van der Waals surface area (Å²) in [4.78, 5) is 51.0. The van der Waals surface area contributed by atoms with Crippen LogP contribution in [0.4, 0.5) is 0 Å². The van der Waals surface area contributed by atoms with Crippen LogP contribution in [0.1, 0.15) is 43.7 Å². The van der Waals surface area contributed by atoms with E-state index in [9.17, 15) is 24.3 Å². The first-order valence-electron chi connectivity index (χ1n) is 10.5. The summed E-state index contributed by atoms with van der Waals surface area (Å²) in [6.07, 6.45) is 2.67. The molecule has 1 N–H and O–H groups in total. The standard InChI is InChI=1S/C21H27N3O5/c25-16(9-20(27)23-7-2-1-4-18(23)21(28)29)13-22-10-14-8-15(12-22)17-5-3-6-19(26)24(17)11-14/h3,5-6,14-15,18H,1-2,4,7-13H2,(H,28,29)/t14-,15+,18-/m0/s1. The van der Waals surface area contributed by atoms with Crippen molar-refractivity contribution >= 4 is 17.7 Å². The summed E-state index contributed by atoms with van der Waals surface area (Å²) >= 11 is 0. The SMILES string of the molecule is O=C(CC(=O)N1CCCC[C@H]1C(=O)[O-])C[NH+]1C[C@@H]2C[C@H](C1)c1cccc(=O)n1C2. The number of quaternary nitrogens is 1. The predicted molar refractivity (Wildman–Crippen MR) is 101 cm³/mol. The van der Waals surface area contributed by atoms with Gasteiger partial charge in [0.25, 0.3) is 5.56 Å². The number of nitrogens with one attached hydrogen (secondary N) is 1. The van der Waals surface area contributed by atoms with Gasteiger partial charge in [-0.3, -0.25) is 14.4 Å². The van der Waals surface area contributed by atoms with Gasteiger partial charge in [0.1, 0.15) is 6.54 Å². The fourth-order valence-corrected chi connectivity index (χ4v) is 5.35. The van der Waals surface area contributed by atoms with E-state index >= 15 is 0 Å². The predicted octanol–water partition coefficient (Wildman–Crippen LogP) is -2.06. The number of pyridine rings is 1. The molecule has 8 heteroatoms. The maximum Gasteiger partial charge on any atom is 0.250 e. The first kappa shape index (κ1) is 19.8. The molecule has 3 aliphatic heterocycles. The van der Waals surface area contributed by atoms with Gasteiger partial charge in [0.15, 0.2) is 5.78 Å². The Labute approximate surface area is 169 Å². The number of ketones is 1. The molecule has 1 aromatic rings. The molecule has 2 fully saturated rings. The van der Waals surface area contributed by atoms with Gasteiger partial charge in [-0.1, -0.05) is 6.07 Å². The van der Waals surface area contributed by atoms with Crippen LogP contribution in [0.3, 0.4) is 0 Å². The molecule has 0 radical (unpaired) electrons. The maximum atomic E-state index is 12.6. The fourth-order valence-electron chi connectivity index (χ4n) is 5.35. The first-order chi connectivity index (χ1) is 13.9. The number of carbonyl (C=O) groups is 3. The third kappa shape index (κ3) is 4.12. The van der Waals surface area contributed by atoms with Crippen molar-refractivity contribution in [1.82, 2.24) is 9.47 Å². The molecule has 0 aromatic carbocycles. The molecule has 0 spiro atoms. The molecule has 0 aliphatic carbocycles. The average molecular weight is 401 g/mol. The molecule has 4 atom stereocenters. The number of fused-ring (bicyclic) bond motifs is 4. The van der Waals surface area contributed by atoms with Crippen LogP contribution in [0.5, 0.6) is 0 Å². The zero-order chi connectivity index (χ0) is 20.5. The van der Waals surface area contributed by atoms with Crippen LogP contribution in [-0.4, -0.2) is 59.3 Å². The third-order valence-electron chi connectivity index (χ3n) is 6.56. The average Bonchev–Trinajstić information content (AvgIpc) is 2.68. The number of likely N-dealkylation sites (tertiary alicyclic amines) is 2. The highest BCUT2D eigenvalue weighted by Crippen LogP contribution is 2.30.